The Morgan fingerprint density at radius 3 is 2.40 bits per heavy atom. The summed E-state index contributed by atoms with van der Waals surface area (Å²) in [5.74, 6) is -0.254. The van der Waals surface area contributed by atoms with Gasteiger partial charge in [0.15, 0.2) is 0 Å². The Bertz CT molecular complexity index is 1620. The first kappa shape index (κ1) is 29.1. The van der Waals surface area contributed by atoms with Gasteiger partial charge < -0.3 is 14.7 Å². The highest BCUT2D eigenvalue weighted by Gasteiger charge is 2.34. The number of nitro benzene ring substituents is 1. The topological polar surface area (TPSA) is 121 Å². The van der Waals surface area contributed by atoms with Gasteiger partial charge in [0.25, 0.3) is 5.56 Å². The predicted molar refractivity (Wildman–Crippen MR) is 159 cm³/mol. The van der Waals surface area contributed by atoms with Crippen LogP contribution < -0.4 is 15.4 Å². The highest BCUT2D eigenvalue weighted by atomic mass is 19.1. The summed E-state index contributed by atoms with van der Waals surface area (Å²) in [6.45, 7) is 16.2. The predicted octanol–water partition coefficient (Wildman–Crippen LogP) is 2.81. The summed E-state index contributed by atoms with van der Waals surface area (Å²) in [6, 6.07) is 4.60. The van der Waals surface area contributed by atoms with E-state index >= 15 is 4.39 Å². The number of nitrogens with zero attached hydrogens (tertiary/aromatic N) is 8. The van der Waals surface area contributed by atoms with Gasteiger partial charge in [0.2, 0.25) is 17.7 Å². The fraction of sp³-hybridized carbons (Fsp3) is 0.448. The van der Waals surface area contributed by atoms with Crippen LogP contribution in [0.4, 0.5) is 21.8 Å². The maximum atomic E-state index is 15.5. The van der Waals surface area contributed by atoms with Crippen molar-refractivity contribution >= 4 is 34.3 Å². The summed E-state index contributed by atoms with van der Waals surface area (Å²) in [5, 5.41) is 12.0. The van der Waals surface area contributed by atoms with Gasteiger partial charge in [-0.3, -0.25) is 29.2 Å². The molecule has 13 heteroatoms. The van der Waals surface area contributed by atoms with Crippen molar-refractivity contribution in [2.45, 2.75) is 33.7 Å². The number of anilines is 2. The van der Waals surface area contributed by atoms with E-state index < -0.39 is 22.0 Å². The van der Waals surface area contributed by atoms with Crippen molar-refractivity contribution < 1.29 is 14.1 Å². The maximum absolute atomic E-state index is 15.5. The quantitative estimate of drug-likeness (QED) is 0.226. The SMILES string of the molecule is C=CC(=O)N1CCN(c2nc(N3CC(N(CC)CC)C3)nc3c(=O)n(-c4c(C)ccc([N+](=O)[O-])c4F)c(C)cc23)CC1. The molecule has 0 radical (unpaired) electrons. The van der Waals surface area contributed by atoms with Crippen LogP contribution in [0, 0.1) is 29.8 Å². The third kappa shape index (κ3) is 4.97. The van der Waals surface area contributed by atoms with Gasteiger partial charge in [0, 0.05) is 57.1 Å². The monoisotopic (exact) mass is 578 g/mol. The zero-order valence-electron chi connectivity index (χ0n) is 24.3. The summed E-state index contributed by atoms with van der Waals surface area (Å²) < 4.78 is 16.7. The Kier molecular flexibility index (Phi) is 7.95. The summed E-state index contributed by atoms with van der Waals surface area (Å²) >= 11 is 0. The van der Waals surface area contributed by atoms with Crippen LogP contribution in [-0.2, 0) is 4.79 Å². The molecule has 0 aliphatic carbocycles. The van der Waals surface area contributed by atoms with E-state index in [1.54, 1.807) is 24.8 Å². The van der Waals surface area contributed by atoms with Crippen molar-refractivity contribution in [3.63, 3.8) is 0 Å². The Morgan fingerprint density at radius 2 is 1.81 bits per heavy atom. The first-order valence-electron chi connectivity index (χ1n) is 14.1. The molecule has 0 spiro atoms. The first-order chi connectivity index (χ1) is 20.1. The molecule has 4 heterocycles. The normalized spacial score (nSPS) is 15.8. The van der Waals surface area contributed by atoms with Crippen molar-refractivity contribution in [1.29, 1.82) is 0 Å². The number of rotatable bonds is 8. The van der Waals surface area contributed by atoms with Gasteiger partial charge in [-0.15, -0.1) is 0 Å². The largest absolute Gasteiger partial charge is 0.352 e. The van der Waals surface area contributed by atoms with Gasteiger partial charge in [-0.05, 0) is 44.6 Å². The lowest BCUT2D eigenvalue weighted by Crippen LogP contribution is -2.60. The third-order valence-corrected chi connectivity index (χ3v) is 8.28. The van der Waals surface area contributed by atoms with E-state index in [9.17, 15) is 19.7 Å². The van der Waals surface area contributed by atoms with E-state index in [0.717, 1.165) is 23.7 Å². The second-order valence-electron chi connectivity index (χ2n) is 10.7. The van der Waals surface area contributed by atoms with Crippen LogP contribution in [0.3, 0.4) is 0 Å². The van der Waals surface area contributed by atoms with E-state index in [1.807, 2.05) is 9.80 Å². The van der Waals surface area contributed by atoms with Crippen LogP contribution in [0.2, 0.25) is 0 Å². The fourth-order valence-electron chi connectivity index (χ4n) is 5.87. The minimum absolute atomic E-state index is 0.0989. The molecule has 2 aliphatic heterocycles. The number of fused-ring (bicyclic) bond motifs is 1. The van der Waals surface area contributed by atoms with Crippen LogP contribution in [0.1, 0.15) is 25.1 Å². The van der Waals surface area contributed by atoms with E-state index in [0.29, 0.717) is 73.7 Å². The molecule has 1 aromatic carbocycles. The number of carbonyl (C=O) groups excluding carboxylic acids is 1. The average Bonchev–Trinajstić information content (AvgIpc) is 2.95. The van der Waals surface area contributed by atoms with Crippen molar-refractivity contribution in [1.82, 2.24) is 24.3 Å². The van der Waals surface area contributed by atoms with Gasteiger partial charge in [-0.2, -0.15) is 9.37 Å². The molecular formula is C29H35FN8O4. The van der Waals surface area contributed by atoms with Gasteiger partial charge in [0.05, 0.1) is 16.0 Å². The Morgan fingerprint density at radius 1 is 1.14 bits per heavy atom. The first-order valence-corrected chi connectivity index (χ1v) is 14.1. The smallest absolute Gasteiger partial charge is 0.307 e. The van der Waals surface area contributed by atoms with E-state index in [4.69, 9.17) is 9.97 Å². The number of aromatic nitrogens is 3. The van der Waals surface area contributed by atoms with Crippen molar-refractivity contribution in [2.75, 3.05) is 62.2 Å². The summed E-state index contributed by atoms with van der Waals surface area (Å²) in [4.78, 5) is 54.7. The van der Waals surface area contributed by atoms with Gasteiger partial charge in [0.1, 0.15) is 11.3 Å². The fourth-order valence-corrected chi connectivity index (χ4v) is 5.87. The molecule has 0 N–H and O–H groups in total. The van der Waals surface area contributed by atoms with Crippen molar-refractivity contribution in [3.05, 3.63) is 68.4 Å². The molecule has 2 fully saturated rings. The van der Waals surface area contributed by atoms with Gasteiger partial charge >= 0.3 is 5.69 Å². The number of hydrogen-bond donors (Lipinski definition) is 0. The molecule has 3 aromatic rings. The van der Waals surface area contributed by atoms with E-state index in [-0.39, 0.29) is 17.1 Å². The van der Waals surface area contributed by atoms with E-state index in [2.05, 4.69) is 25.3 Å². The van der Waals surface area contributed by atoms with Crippen LogP contribution in [-0.4, -0.2) is 93.6 Å². The molecular weight excluding hydrogens is 543 g/mol. The number of nitro groups is 1. The lowest BCUT2D eigenvalue weighted by Gasteiger charge is -2.45. The molecule has 222 valence electrons. The Labute approximate surface area is 242 Å². The van der Waals surface area contributed by atoms with Crippen LogP contribution in [0.25, 0.3) is 16.6 Å². The number of pyridine rings is 1. The number of carbonyl (C=O) groups is 1. The lowest BCUT2D eigenvalue weighted by molar-refractivity contribution is -0.387. The molecule has 2 aliphatic rings. The maximum Gasteiger partial charge on any atom is 0.307 e. The molecule has 1 amide bonds. The molecule has 2 aromatic heterocycles. The highest BCUT2D eigenvalue weighted by molar-refractivity contribution is 5.91. The summed E-state index contributed by atoms with van der Waals surface area (Å²) in [6.07, 6.45) is 1.30. The number of halogens is 1. The summed E-state index contributed by atoms with van der Waals surface area (Å²) in [5.41, 5.74) is -0.595. The Hall–Kier alpha value is -4.39. The molecule has 12 nitrogen and oxygen atoms in total. The number of likely N-dealkylation sites (N-methyl/N-ethyl adjacent to an activating group) is 1. The average molecular weight is 579 g/mol. The van der Waals surface area contributed by atoms with Crippen molar-refractivity contribution in [3.8, 4) is 5.69 Å². The second-order valence-corrected chi connectivity index (χ2v) is 10.7. The molecule has 0 unspecified atom stereocenters. The Balaban J connectivity index is 1.65. The van der Waals surface area contributed by atoms with Gasteiger partial charge in [-0.25, -0.2) is 4.98 Å². The van der Waals surface area contributed by atoms with Crippen LogP contribution in [0.5, 0.6) is 0 Å². The van der Waals surface area contributed by atoms with Gasteiger partial charge in [-0.1, -0.05) is 26.5 Å². The minimum Gasteiger partial charge on any atom is -0.352 e. The van der Waals surface area contributed by atoms with E-state index in [1.165, 1.54) is 12.1 Å². The number of hydrogen-bond acceptors (Lipinski definition) is 9. The zero-order chi connectivity index (χ0) is 30.3. The number of piperazine rings is 1. The standard InChI is InChI=1S/C29H35FN8O4/c1-6-23(39)34-11-13-35(14-12-34)27-21-15-19(5)37(26-18(4)9-10-22(24(26)30)38(41)42)28(40)25(21)31-29(32-27)36-16-20(17-36)33(7-2)8-3/h6,9-10,15,20H,1,7-8,11-14,16-17H2,2-5H3. The number of benzene rings is 1. The molecule has 2 saturated heterocycles. The molecule has 0 atom stereocenters. The second kappa shape index (κ2) is 11.5. The third-order valence-electron chi connectivity index (χ3n) is 8.28. The molecule has 0 bridgehead atoms. The molecule has 42 heavy (non-hydrogen) atoms. The zero-order valence-corrected chi connectivity index (χ0v) is 24.3. The minimum atomic E-state index is -1.08. The molecule has 5 rings (SSSR count). The summed E-state index contributed by atoms with van der Waals surface area (Å²) in [7, 11) is 0. The van der Waals surface area contributed by atoms with Crippen LogP contribution in [0.15, 0.2) is 35.6 Å². The molecule has 0 saturated carbocycles. The number of amides is 1. The highest BCUT2D eigenvalue weighted by Crippen LogP contribution is 2.32. The van der Waals surface area contributed by atoms with Crippen molar-refractivity contribution in [2.24, 2.45) is 0 Å². The van der Waals surface area contributed by atoms with Crippen LogP contribution >= 0.6 is 0 Å². The number of aryl methyl sites for hydroxylation is 2. The lowest BCUT2D eigenvalue weighted by atomic mass is 10.1.